The predicted molar refractivity (Wildman–Crippen MR) is 83.6 cm³/mol. The minimum atomic E-state index is -0.310. The summed E-state index contributed by atoms with van der Waals surface area (Å²) in [6, 6.07) is 8.05. The van der Waals surface area contributed by atoms with Crippen LogP contribution in [0, 0.1) is 0 Å². The molecule has 0 spiro atoms. The van der Waals surface area contributed by atoms with Gasteiger partial charge in [-0.15, -0.1) is 12.4 Å². The summed E-state index contributed by atoms with van der Waals surface area (Å²) < 4.78 is 0. The van der Waals surface area contributed by atoms with Crippen molar-refractivity contribution in [1.82, 2.24) is 10.6 Å². The maximum absolute atomic E-state index is 12.5. The van der Waals surface area contributed by atoms with E-state index in [1.54, 1.807) is 0 Å². The third-order valence-corrected chi connectivity index (χ3v) is 4.47. The number of hydrogen-bond donors (Lipinski definition) is 2. The molecular formula is C15H20Cl2N2O. The van der Waals surface area contributed by atoms with Crippen LogP contribution in [0.2, 0.25) is 5.02 Å². The first-order chi connectivity index (χ1) is 9.21. The van der Waals surface area contributed by atoms with Crippen LogP contribution in [0.3, 0.4) is 0 Å². The molecule has 2 aliphatic rings. The lowest BCUT2D eigenvalue weighted by Crippen LogP contribution is -2.46. The minimum absolute atomic E-state index is 0. The van der Waals surface area contributed by atoms with Crippen LogP contribution in [0.1, 0.15) is 31.2 Å². The Kier molecular flexibility index (Phi) is 4.95. The number of amides is 1. The highest BCUT2D eigenvalue weighted by Gasteiger charge is 2.51. The molecule has 0 atom stereocenters. The second kappa shape index (κ2) is 6.33. The van der Waals surface area contributed by atoms with Gasteiger partial charge >= 0.3 is 0 Å². The number of hydrogen-bond acceptors (Lipinski definition) is 2. The number of nitrogens with one attached hydrogen (secondary N) is 2. The number of carbonyl (C=O) groups is 1. The molecule has 0 unspecified atom stereocenters. The van der Waals surface area contributed by atoms with Crippen molar-refractivity contribution in [2.75, 3.05) is 13.1 Å². The van der Waals surface area contributed by atoms with Crippen molar-refractivity contribution < 1.29 is 4.79 Å². The van der Waals surface area contributed by atoms with E-state index in [1.165, 1.54) is 0 Å². The normalized spacial score (nSPS) is 20.9. The Morgan fingerprint density at radius 2 is 2.00 bits per heavy atom. The maximum Gasteiger partial charge on any atom is 0.230 e. The van der Waals surface area contributed by atoms with E-state index in [-0.39, 0.29) is 23.7 Å². The third-order valence-electron chi connectivity index (χ3n) is 4.24. The molecule has 1 saturated heterocycles. The van der Waals surface area contributed by atoms with E-state index in [1.807, 2.05) is 24.3 Å². The van der Waals surface area contributed by atoms with Gasteiger partial charge in [0.1, 0.15) is 0 Å². The molecule has 2 N–H and O–H groups in total. The van der Waals surface area contributed by atoms with Crippen LogP contribution in [0.4, 0.5) is 0 Å². The first-order valence-corrected chi connectivity index (χ1v) is 7.36. The fourth-order valence-electron chi connectivity index (χ4n) is 2.85. The molecule has 3 rings (SSSR count). The lowest BCUT2D eigenvalue weighted by molar-refractivity contribution is -0.124. The smallest absolute Gasteiger partial charge is 0.230 e. The Morgan fingerprint density at radius 3 is 2.60 bits per heavy atom. The van der Waals surface area contributed by atoms with E-state index in [9.17, 15) is 4.79 Å². The molecular weight excluding hydrogens is 295 g/mol. The van der Waals surface area contributed by atoms with Gasteiger partial charge in [0.05, 0.1) is 5.41 Å². The van der Waals surface area contributed by atoms with Crippen molar-refractivity contribution in [2.24, 2.45) is 0 Å². The van der Waals surface area contributed by atoms with Crippen molar-refractivity contribution >= 4 is 29.9 Å². The first-order valence-electron chi connectivity index (χ1n) is 6.98. The van der Waals surface area contributed by atoms with Crippen LogP contribution in [-0.2, 0) is 10.2 Å². The average Bonchev–Trinajstić information content (AvgIpc) is 3.21. The largest absolute Gasteiger partial charge is 0.353 e. The van der Waals surface area contributed by atoms with Gasteiger partial charge in [-0.1, -0.05) is 23.7 Å². The predicted octanol–water partition coefficient (Wildman–Crippen LogP) is 2.66. The van der Waals surface area contributed by atoms with Gasteiger partial charge in [-0.25, -0.2) is 0 Å². The summed E-state index contributed by atoms with van der Waals surface area (Å²) in [6.07, 6.45) is 3.92. The topological polar surface area (TPSA) is 41.1 Å². The molecule has 20 heavy (non-hydrogen) atoms. The third kappa shape index (κ3) is 3.11. The van der Waals surface area contributed by atoms with Gasteiger partial charge in [0.25, 0.3) is 0 Å². The van der Waals surface area contributed by atoms with Gasteiger partial charge in [-0.05, 0) is 56.5 Å². The van der Waals surface area contributed by atoms with Crippen LogP contribution in [0.25, 0.3) is 0 Å². The van der Waals surface area contributed by atoms with Gasteiger partial charge in [0, 0.05) is 11.1 Å². The molecule has 110 valence electrons. The standard InChI is InChI=1S/C15H19ClN2O.ClH/c16-12-3-1-2-11(10-12)15(6-7-15)14(19)18-13-4-8-17-9-5-13;/h1-3,10,13,17H,4-9H2,(H,18,19);1H. The molecule has 0 aromatic heterocycles. The van der Waals surface area contributed by atoms with Crippen LogP contribution < -0.4 is 10.6 Å². The summed E-state index contributed by atoms with van der Waals surface area (Å²) in [5.74, 6) is 0.182. The zero-order chi connectivity index (χ0) is 13.3. The molecule has 1 aromatic rings. The molecule has 1 aliphatic carbocycles. The maximum atomic E-state index is 12.5. The van der Waals surface area contributed by atoms with Crippen molar-refractivity contribution in [3.8, 4) is 0 Å². The summed E-state index contributed by atoms with van der Waals surface area (Å²) in [6.45, 7) is 1.99. The van der Waals surface area contributed by atoms with Gasteiger partial charge < -0.3 is 10.6 Å². The van der Waals surface area contributed by atoms with Crippen molar-refractivity contribution in [3.05, 3.63) is 34.9 Å². The summed E-state index contributed by atoms with van der Waals surface area (Å²) in [5, 5.41) is 7.24. The van der Waals surface area contributed by atoms with E-state index >= 15 is 0 Å². The van der Waals surface area contributed by atoms with E-state index < -0.39 is 0 Å². The molecule has 1 heterocycles. The Balaban J connectivity index is 0.00000147. The van der Waals surface area contributed by atoms with E-state index in [0.717, 1.165) is 44.3 Å². The number of piperidine rings is 1. The first kappa shape index (κ1) is 15.6. The minimum Gasteiger partial charge on any atom is -0.353 e. The number of rotatable bonds is 3. The molecule has 0 bridgehead atoms. The SMILES string of the molecule is Cl.O=C(NC1CCNCC1)C1(c2cccc(Cl)c2)CC1. The molecule has 0 radical (unpaired) electrons. The van der Waals surface area contributed by atoms with Crippen LogP contribution >= 0.6 is 24.0 Å². The van der Waals surface area contributed by atoms with Crippen molar-refractivity contribution in [2.45, 2.75) is 37.1 Å². The fourth-order valence-corrected chi connectivity index (χ4v) is 3.04. The van der Waals surface area contributed by atoms with Gasteiger partial charge in [-0.2, -0.15) is 0 Å². The summed E-state index contributed by atoms with van der Waals surface area (Å²) in [5.41, 5.74) is 0.752. The molecule has 1 saturated carbocycles. The van der Waals surface area contributed by atoms with Crippen LogP contribution in [0.5, 0.6) is 0 Å². The number of carbonyl (C=O) groups excluding carboxylic acids is 1. The molecule has 1 aliphatic heterocycles. The molecule has 2 fully saturated rings. The Labute approximate surface area is 130 Å². The zero-order valence-corrected chi connectivity index (χ0v) is 12.9. The average molecular weight is 315 g/mol. The monoisotopic (exact) mass is 314 g/mol. The Morgan fingerprint density at radius 1 is 1.30 bits per heavy atom. The lowest BCUT2D eigenvalue weighted by atomic mass is 9.94. The van der Waals surface area contributed by atoms with Gasteiger partial charge in [-0.3, -0.25) is 4.79 Å². The fraction of sp³-hybridized carbons (Fsp3) is 0.533. The summed E-state index contributed by atoms with van der Waals surface area (Å²) in [7, 11) is 0. The second-order valence-corrected chi connectivity index (χ2v) is 6.03. The van der Waals surface area contributed by atoms with Gasteiger partial charge in [0.2, 0.25) is 5.91 Å². The quantitative estimate of drug-likeness (QED) is 0.900. The molecule has 1 amide bonds. The van der Waals surface area contributed by atoms with Crippen molar-refractivity contribution in [1.29, 1.82) is 0 Å². The Hall–Kier alpha value is -0.770. The Bertz CT molecular complexity index is 483. The summed E-state index contributed by atoms with van der Waals surface area (Å²) in [4.78, 5) is 12.5. The highest BCUT2D eigenvalue weighted by molar-refractivity contribution is 6.30. The zero-order valence-electron chi connectivity index (χ0n) is 11.3. The second-order valence-electron chi connectivity index (χ2n) is 5.59. The molecule has 3 nitrogen and oxygen atoms in total. The summed E-state index contributed by atoms with van der Waals surface area (Å²) >= 11 is 6.04. The highest BCUT2D eigenvalue weighted by atomic mass is 35.5. The lowest BCUT2D eigenvalue weighted by Gasteiger charge is -2.26. The number of benzene rings is 1. The highest BCUT2D eigenvalue weighted by Crippen LogP contribution is 2.49. The van der Waals surface area contributed by atoms with Crippen LogP contribution in [-0.4, -0.2) is 25.0 Å². The number of halogens is 2. The van der Waals surface area contributed by atoms with E-state index in [2.05, 4.69) is 10.6 Å². The van der Waals surface area contributed by atoms with E-state index in [4.69, 9.17) is 11.6 Å². The van der Waals surface area contributed by atoms with Crippen LogP contribution in [0.15, 0.2) is 24.3 Å². The van der Waals surface area contributed by atoms with Crippen molar-refractivity contribution in [3.63, 3.8) is 0 Å². The van der Waals surface area contributed by atoms with E-state index in [0.29, 0.717) is 11.1 Å². The molecule has 5 heteroatoms. The van der Waals surface area contributed by atoms with Gasteiger partial charge in [0.15, 0.2) is 0 Å². The molecule has 1 aromatic carbocycles.